The summed E-state index contributed by atoms with van der Waals surface area (Å²) in [7, 11) is 2.95. The molecular formula is C22H20O9. The molecule has 9 nitrogen and oxygen atoms in total. The molecule has 9 heteroatoms. The van der Waals surface area contributed by atoms with Crippen molar-refractivity contribution >= 4 is 11.9 Å². The molecule has 1 unspecified atom stereocenters. The largest absolute Gasteiger partial charge is 0.508 e. The minimum atomic E-state index is -0.913. The Labute approximate surface area is 177 Å². The summed E-state index contributed by atoms with van der Waals surface area (Å²) in [6.07, 6.45) is 0. The van der Waals surface area contributed by atoms with Crippen molar-refractivity contribution in [3.63, 3.8) is 0 Å². The van der Waals surface area contributed by atoms with Gasteiger partial charge in [-0.2, -0.15) is 0 Å². The molecule has 2 aliphatic rings. The highest BCUT2D eigenvalue weighted by Crippen LogP contribution is 2.49. The molecule has 1 N–H and O–H groups in total. The van der Waals surface area contributed by atoms with Crippen LogP contribution in [0.5, 0.6) is 28.7 Å². The molecule has 0 aliphatic carbocycles. The Morgan fingerprint density at radius 1 is 1.03 bits per heavy atom. The maximum absolute atomic E-state index is 12.6. The van der Waals surface area contributed by atoms with Crippen LogP contribution in [-0.2, 0) is 14.3 Å². The van der Waals surface area contributed by atoms with E-state index in [1.54, 1.807) is 24.3 Å². The first-order valence-electron chi connectivity index (χ1n) is 9.36. The van der Waals surface area contributed by atoms with Crippen LogP contribution in [0.2, 0.25) is 0 Å². The average Bonchev–Trinajstić information content (AvgIpc) is 3.34. The van der Waals surface area contributed by atoms with Crippen molar-refractivity contribution in [3.8, 4) is 28.7 Å². The maximum Gasteiger partial charge on any atom is 0.338 e. The zero-order chi connectivity index (χ0) is 22.1. The number of esters is 2. The first-order chi connectivity index (χ1) is 14.9. The van der Waals surface area contributed by atoms with Crippen molar-refractivity contribution in [2.24, 2.45) is 0 Å². The molecule has 4 rings (SSSR count). The molecule has 2 heterocycles. The molecule has 0 fully saturated rings. The highest BCUT2D eigenvalue weighted by Gasteiger charge is 2.38. The van der Waals surface area contributed by atoms with Gasteiger partial charge in [0, 0.05) is 24.1 Å². The Bertz CT molecular complexity index is 1090. The van der Waals surface area contributed by atoms with Crippen LogP contribution < -0.4 is 23.7 Å². The summed E-state index contributed by atoms with van der Waals surface area (Å²) in [4.78, 5) is 24.4. The third kappa shape index (κ3) is 3.58. The van der Waals surface area contributed by atoms with Crippen LogP contribution in [0.1, 0.15) is 24.0 Å². The fraction of sp³-hybridized carbons (Fsp3) is 0.273. The Hall–Kier alpha value is -3.88. The smallest absolute Gasteiger partial charge is 0.338 e. The number of aliphatic hydroxyl groups excluding tert-OH is 1. The second-order valence-corrected chi connectivity index (χ2v) is 6.79. The molecule has 2 aromatic rings. The molecule has 0 aromatic heterocycles. The van der Waals surface area contributed by atoms with Crippen LogP contribution in [0, 0.1) is 0 Å². The van der Waals surface area contributed by atoms with Gasteiger partial charge in [0.25, 0.3) is 0 Å². The fourth-order valence-electron chi connectivity index (χ4n) is 3.72. The number of benzene rings is 2. The van der Waals surface area contributed by atoms with E-state index in [0.29, 0.717) is 34.1 Å². The highest BCUT2D eigenvalue weighted by molar-refractivity contribution is 5.94. The number of cyclic esters (lactones) is 1. The summed E-state index contributed by atoms with van der Waals surface area (Å²) in [5, 5.41) is 10.5. The second-order valence-electron chi connectivity index (χ2n) is 6.79. The van der Waals surface area contributed by atoms with E-state index in [1.165, 1.54) is 27.2 Å². The molecule has 1 atom stereocenters. The predicted molar refractivity (Wildman–Crippen MR) is 106 cm³/mol. The quantitative estimate of drug-likeness (QED) is 0.548. The van der Waals surface area contributed by atoms with Crippen LogP contribution in [-0.4, -0.2) is 44.7 Å². The molecule has 2 aliphatic heterocycles. The summed E-state index contributed by atoms with van der Waals surface area (Å²) in [5.41, 5.74) is 0.875. The summed E-state index contributed by atoms with van der Waals surface area (Å²) < 4.78 is 32.3. The second kappa shape index (κ2) is 8.10. The number of carbonyl (C=O) groups is 2. The van der Waals surface area contributed by atoms with E-state index in [4.69, 9.17) is 28.4 Å². The molecule has 0 saturated carbocycles. The van der Waals surface area contributed by atoms with Crippen molar-refractivity contribution in [2.75, 3.05) is 27.6 Å². The number of para-hydroxylation sites is 1. The number of hydrogen-bond donors (Lipinski definition) is 1. The third-order valence-corrected chi connectivity index (χ3v) is 4.97. The Morgan fingerprint density at radius 3 is 2.39 bits per heavy atom. The third-order valence-electron chi connectivity index (χ3n) is 4.97. The van der Waals surface area contributed by atoms with E-state index >= 15 is 0 Å². The van der Waals surface area contributed by atoms with E-state index in [1.807, 2.05) is 0 Å². The number of ether oxygens (including phenoxy) is 6. The molecule has 0 saturated heterocycles. The monoisotopic (exact) mass is 428 g/mol. The van der Waals surface area contributed by atoms with E-state index in [-0.39, 0.29) is 30.5 Å². The maximum atomic E-state index is 12.6. The van der Waals surface area contributed by atoms with Crippen LogP contribution >= 0.6 is 0 Å². The number of carbonyl (C=O) groups excluding carboxylic acids is 2. The zero-order valence-electron chi connectivity index (χ0n) is 17.1. The molecule has 2 aromatic carbocycles. The van der Waals surface area contributed by atoms with Gasteiger partial charge in [0.05, 0.1) is 25.7 Å². The molecule has 0 amide bonds. The molecule has 0 bridgehead atoms. The fourth-order valence-corrected chi connectivity index (χ4v) is 3.72. The van der Waals surface area contributed by atoms with Gasteiger partial charge in [-0.25, -0.2) is 4.79 Å². The average molecular weight is 428 g/mol. The lowest BCUT2D eigenvalue weighted by Gasteiger charge is -2.23. The number of rotatable bonds is 6. The van der Waals surface area contributed by atoms with Crippen molar-refractivity contribution in [2.45, 2.75) is 12.8 Å². The minimum absolute atomic E-state index is 0.00109. The van der Waals surface area contributed by atoms with Crippen molar-refractivity contribution < 1.29 is 43.1 Å². The first kappa shape index (κ1) is 20.4. The normalized spacial score (nSPS) is 15.5. The predicted octanol–water partition coefficient (Wildman–Crippen LogP) is 2.86. The molecule has 0 radical (unpaired) electrons. The van der Waals surface area contributed by atoms with Crippen LogP contribution in [0.4, 0.5) is 0 Å². The SMILES string of the molecule is COc1cccc(C(C2=C(O)COC2=O)c2cc3c(cc2OC(C)=O)OCO3)c1OC. The van der Waals surface area contributed by atoms with Gasteiger partial charge in [0.15, 0.2) is 23.0 Å². The number of hydrogen-bond acceptors (Lipinski definition) is 9. The molecule has 0 spiro atoms. The van der Waals surface area contributed by atoms with Crippen molar-refractivity contribution in [1.82, 2.24) is 0 Å². The summed E-state index contributed by atoms with van der Waals surface area (Å²) in [6, 6.07) is 8.26. The van der Waals surface area contributed by atoms with Gasteiger partial charge in [-0.1, -0.05) is 12.1 Å². The van der Waals surface area contributed by atoms with Gasteiger partial charge in [-0.05, 0) is 12.1 Å². The zero-order valence-corrected chi connectivity index (χ0v) is 17.1. The molecular weight excluding hydrogens is 408 g/mol. The van der Waals surface area contributed by atoms with Crippen LogP contribution in [0.15, 0.2) is 41.7 Å². The van der Waals surface area contributed by atoms with E-state index < -0.39 is 17.9 Å². The minimum Gasteiger partial charge on any atom is -0.508 e. The number of methoxy groups -OCH3 is 2. The Morgan fingerprint density at radius 2 is 1.77 bits per heavy atom. The van der Waals surface area contributed by atoms with E-state index in [9.17, 15) is 14.7 Å². The van der Waals surface area contributed by atoms with Crippen LogP contribution in [0.25, 0.3) is 0 Å². The van der Waals surface area contributed by atoms with Gasteiger partial charge >= 0.3 is 11.9 Å². The lowest BCUT2D eigenvalue weighted by molar-refractivity contribution is -0.136. The van der Waals surface area contributed by atoms with Gasteiger partial charge in [-0.15, -0.1) is 0 Å². The van der Waals surface area contributed by atoms with Crippen molar-refractivity contribution in [1.29, 1.82) is 0 Å². The van der Waals surface area contributed by atoms with Gasteiger partial charge in [0.1, 0.15) is 18.1 Å². The first-order valence-corrected chi connectivity index (χ1v) is 9.36. The lowest BCUT2D eigenvalue weighted by Crippen LogP contribution is -2.15. The molecule has 162 valence electrons. The van der Waals surface area contributed by atoms with Gasteiger partial charge in [0.2, 0.25) is 6.79 Å². The van der Waals surface area contributed by atoms with Gasteiger partial charge < -0.3 is 33.5 Å². The van der Waals surface area contributed by atoms with Crippen LogP contribution in [0.3, 0.4) is 0 Å². The van der Waals surface area contributed by atoms with E-state index in [2.05, 4.69) is 0 Å². The Kier molecular flexibility index (Phi) is 5.33. The number of fused-ring (bicyclic) bond motifs is 1. The van der Waals surface area contributed by atoms with E-state index in [0.717, 1.165) is 0 Å². The molecule has 31 heavy (non-hydrogen) atoms. The summed E-state index contributed by atoms with van der Waals surface area (Å²) in [5.74, 6) is -0.690. The van der Waals surface area contributed by atoms with Gasteiger partial charge in [-0.3, -0.25) is 4.79 Å². The van der Waals surface area contributed by atoms with Crippen molar-refractivity contribution in [3.05, 3.63) is 52.8 Å². The topological polar surface area (TPSA) is 110 Å². The summed E-state index contributed by atoms with van der Waals surface area (Å²) in [6.45, 7) is 1.00. The lowest BCUT2D eigenvalue weighted by atomic mass is 9.83. The summed E-state index contributed by atoms with van der Waals surface area (Å²) >= 11 is 0. The number of aliphatic hydroxyl groups is 1. The standard InChI is InChI=1S/C22H20O9/c1-11(23)31-16-8-18-17(29-10-30-18)7-13(16)19(20-14(24)9-28-22(20)25)12-5-4-6-15(26-2)21(12)27-3/h4-8,19,24H,9-10H2,1-3H3. The Balaban J connectivity index is 2.01. The highest BCUT2D eigenvalue weighted by atomic mass is 16.7.